The van der Waals surface area contributed by atoms with Gasteiger partial charge in [-0.3, -0.25) is 14.6 Å². The summed E-state index contributed by atoms with van der Waals surface area (Å²) in [5.41, 5.74) is 1.08. The van der Waals surface area contributed by atoms with E-state index in [0.717, 1.165) is 43.4 Å². The number of rotatable bonds is 7. The summed E-state index contributed by atoms with van der Waals surface area (Å²) >= 11 is 1.56. The van der Waals surface area contributed by atoms with Crippen LogP contribution in [0, 0.1) is 0 Å². The van der Waals surface area contributed by atoms with E-state index in [0.29, 0.717) is 12.6 Å². The number of hydrogen-bond acceptors (Lipinski definition) is 5. The Labute approximate surface area is 143 Å². The number of thiazole rings is 1. The summed E-state index contributed by atoms with van der Waals surface area (Å²) in [4.78, 5) is 20.5. The Morgan fingerprint density at radius 2 is 2.27 bits per heavy atom. The number of aromatic nitrogens is 1. The first-order valence-electron chi connectivity index (χ1n) is 7.83. The fraction of sp³-hybridized carbons (Fsp3) is 0.733. The van der Waals surface area contributed by atoms with Gasteiger partial charge in [-0.1, -0.05) is 6.92 Å². The molecule has 22 heavy (non-hydrogen) atoms. The van der Waals surface area contributed by atoms with Gasteiger partial charge in [0.15, 0.2) is 5.13 Å². The summed E-state index contributed by atoms with van der Waals surface area (Å²) in [7, 11) is 0. The zero-order chi connectivity index (χ0) is 15.2. The van der Waals surface area contributed by atoms with Gasteiger partial charge in [-0.2, -0.15) is 0 Å². The third kappa shape index (κ3) is 4.91. The van der Waals surface area contributed by atoms with Crippen LogP contribution in [-0.4, -0.2) is 48.0 Å². The lowest BCUT2D eigenvalue weighted by atomic mass is 10.2. The molecule has 1 unspecified atom stereocenters. The largest absolute Gasteiger partial charge is 0.315 e. The first-order chi connectivity index (χ1) is 10.2. The molecule has 1 N–H and O–H groups in total. The minimum atomic E-state index is 0. The van der Waals surface area contributed by atoms with Crippen molar-refractivity contribution in [3.63, 3.8) is 0 Å². The normalized spacial score (nSPS) is 17.5. The first kappa shape index (κ1) is 19.4. The van der Waals surface area contributed by atoms with Gasteiger partial charge in [0.2, 0.25) is 5.91 Å². The SMILES string of the molecule is CCCN(Cc1csc(N(CC)C(C)=O)n1)C1CCNC1.Cl. The van der Waals surface area contributed by atoms with Crippen molar-refractivity contribution in [3.05, 3.63) is 11.1 Å². The molecule has 0 aliphatic carbocycles. The van der Waals surface area contributed by atoms with Crippen LogP contribution < -0.4 is 10.2 Å². The lowest BCUT2D eigenvalue weighted by molar-refractivity contribution is -0.116. The standard InChI is InChI=1S/C15H26N4OS.ClH/c1-4-8-18(14-6-7-16-9-14)10-13-11-21-15(17-13)19(5-2)12(3)20;/h11,14,16H,4-10H2,1-3H3;1H. The molecule has 1 aliphatic heterocycles. The van der Waals surface area contributed by atoms with Gasteiger partial charge in [0.1, 0.15) is 0 Å². The van der Waals surface area contributed by atoms with Crippen LogP contribution in [-0.2, 0) is 11.3 Å². The van der Waals surface area contributed by atoms with Gasteiger partial charge in [0, 0.05) is 38.0 Å². The Hall–Kier alpha value is -0.690. The third-order valence-electron chi connectivity index (χ3n) is 3.89. The molecule has 1 aromatic heterocycles. The molecule has 1 aliphatic rings. The highest BCUT2D eigenvalue weighted by atomic mass is 35.5. The van der Waals surface area contributed by atoms with E-state index >= 15 is 0 Å². The molecule has 0 saturated carbocycles. The maximum absolute atomic E-state index is 11.6. The minimum absolute atomic E-state index is 0. The summed E-state index contributed by atoms with van der Waals surface area (Å²) in [5.74, 6) is 0.0591. The Bertz CT molecular complexity index is 462. The van der Waals surface area contributed by atoms with E-state index in [2.05, 4.69) is 27.5 Å². The second-order valence-corrected chi connectivity index (χ2v) is 6.34. The number of hydrogen-bond donors (Lipinski definition) is 1. The zero-order valence-corrected chi connectivity index (χ0v) is 15.3. The number of amides is 1. The van der Waals surface area contributed by atoms with E-state index in [-0.39, 0.29) is 18.3 Å². The number of nitrogens with zero attached hydrogens (tertiary/aromatic N) is 3. The second-order valence-electron chi connectivity index (χ2n) is 5.50. The smallest absolute Gasteiger partial charge is 0.225 e. The van der Waals surface area contributed by atoms with E-state index in [4.69, 9.17) is 0 Å². The minimum Gasteiger partial charge on any atom is -0.315 e. The fourth-order valence-corrected chi connectivity index (χ4v) is 3.75. The molecule has 7 heteroatoms. The second kappa shape index (κ2) is 9.45. The average Bonchev–Trinajstić information content (AvgIpc) is 3.10. The maximum atomic E-state index is 11.6. The highest BCUT2D eigenvalue weighted by Crippen LogP contribution is 2.22. The number of anilines is 1. The maximum Gasteiger partial charge on any atom is 0.225 e. The van der Waals surface area contributed by atoms with E-state index in [1.807, 2.05) is 6.92 Å². The lowest BCUT2D eigenvalue weighted by Crippen LogP contribution is -2.37. The zero-order valence-electron chi connectivity index (χ0n) is 13.7. The number of nitrogens with one attached hydrogen (secondary N) is 1. The highest BCUT2D eigenvalue weighted by Gasteiger charge is 2.23. The molecule has 1 aromatic rings. The van der Waals surface area contributed by atoms with Gasteiger partial charge in [-0.15, -0.1) is 23.7 Å². The highest BCUT2D eigenvalue weighted by molar-refractivity contribution is 7.14. The van der Waals surface area contributed by atoms with Crippen LogP contribution in [0.3, 0.4) is 0 Å². The van der Waals surface area contributed by atoms with Crippen molar-refractivity contribution in [2.45, 2.75) is 46.2 Å². The molecule has 2 heterocycles. The van der Waals surface area contributed by atoms with Crippen LogP contribution in [0.2, 0.25) is 0 Å². The summed E-state index contributed by atoms with van der Waals surface area (Å²) < 4.78 is 0. The van der Waals surface area contributed by atoms with Gasteiger partial charge in [0.05, 0.1) is 5.69 Å². The average molecular weight is 347 g/mol. The Kier molecular flexibility index (Phi) is 8.31. The quantitative estimate of drug-likeness (QED) is 0.824. The van der Waals surface area contributed by atoms with Gasteiger partial charge in [0.25, 0.3) is 0 Å². The number of carbonyl (C=O) groups is 1. The van der Waals surface area contributed by atoms with Crippen LogP contribution in [0.5, 0.6) is 0 Å². The van der Waals surface area contributed by atoms with Crippen LogP contribution in [0.4, 0.5) is 5.13 Å². The van der Waals surface area contributed by atoms with Crippen molar-refractivity contribution in [1.82, 2.24) is 15.2 Å². The lowest BCUT2D eigenvalue weighted by Gasteiger charge is -2.27. The molecule has 126 valence electrons. The molecular formula is C15H27ClN4OS. The topological polar surface area (TPSA) is 48.5 Å². The Balaban J connectivity index is 0.00000242. The molecular weight excluding hydrogens is 320 g/mol. The molecule has 1 fully saturated rings. The predicted octanol–water partition coefficient (Wildman–Crippen LogP) is 2.51. The Morgan fingerprint density at radius 1 is 1.50 bits per heavy atom. The van der Waals surface area contributed by atoms with E-state index in [9.17, 15) is 4.79 Å². The summed E-state index contributed by atoms with van der Waals surface area (Å²) in [6.07, 6.45) is 2.37. The van der Waals surface area contributed by atoms with Crippen LogP contribution in [0.15, 0.2) is 5.38 Å². The van der Waals surface area contributed by atoms with Gasteiger partial charge < -0.3 is 5.32 Å². The number of halogens is 1. The molecule has 0 bridgehead atoms. The monoisotopic (exact) mass is 346 g/mol. The number of carbonyl (C=O) groups excluding carboxylic acids is 1. The Morgan fingerprint density at radius 3 is 2.82 bits per heavy atom. The molecule has 1 amide bonds. The van der Waals surface area contributed by atoms with Gasteiger partial charge in [-0.25, -0.2) is 4.98 Å². The molecule has 1 saturated heterocycles. The third-order valence-corrected chi connectivity index (χ3v) is 4.81. The van der Waals surface area contributed by atoms with E-state index < -0.39 is 0 Å². The van der Waals surface area contributed by atoms with E-state index in [1.54, 1.807) is 23.2 Å². The van der Waals surface area contributed by atoms with Crippen molar-refractivity contribution in [3.8, 4) is 0 Å². The van der Waals surface area contributed by atoms with Crippen molar-refractivity contribution < 1.29 is 4.79 Å². The molecule has 0 aromatic carbocycles. The predicted molar refractivity (Wildman–Crippen MR) is 95.0 cm³/mol. The van der Waals surface area contributed by atoms with Crippen LogP contribution >= 0.6 is 23.7 Å². The van der Waals surface area contributed by atoms with Crippen molar-refractivity contribution in [2.24, 2.45) is 0 Å². The summed E-state index contributed by atoms with van der Waals surface area (Å²) in [6.45, 7) is 10.6. The van der Waals surface area contributed by atoms with Crippen molar-refractivity contribution >= 4 is 34.8 Å². The fourth-order valence-electron chi connectivity index (χ4n) is 2.82. The molecule has 5 nitrogen and oxygen atoms in total. The van der Waals surface area contributed by atoms with Crippen LogP contribution in [0.25, 0.3) is 0 Å². The molecule has 0 radical (unpaired) electrons. The van der Waals surface area contributed by atoms with Crippen molar-refractivity contribution in [2.75, 3.05) is 31.1 Å². The molecule has 1 atom stereocenters. The van der Waals surface area contributed by atoms with Crippen molar-refractivity contribution in [1.29, 1.82) is 0 Å². The molecule has 0 spiro atoms. The molecule has 2 rings (SSSR count). The van der Waals surface area contributed by atoms with Gasteiger partial charge in [-0.05, 0) is 32.9 Å². The van der Waals surface area contributed by atoms with Crippen LogP contribution in [0.1, 0.15) is 39.3 Å². The van der Waals surface area contributed by atoms with Gasteiger partial charge >= 0.3 is 0 Å². The van der Waals surface area contributed by atoms with E-state index in [1.165, 1.54) is 6.42 Å². The summed E-state index contributed by atoms with van der Waals surface area (Å²) in [5, 5.41) is 6.34. The summed E-state index contributed by atoms with van der Waals surface area (Å²) in [6, 6.07) is 0.616. The first-order valence-corrected chi connectivity index (χ1v) is 8.70.